The van der Waals surface area contributed by atoms with E-state index in [0.717, 1.165) is 11.3 Å². The number of amides is 2. The lowest BCUT2D eigenvalue weighted by atomic mass is 10.1. The number of aliphatic hydroxyl groups is 2. The van der Waals surface area contributed by atoms with Gasteiger partial charge in [0, 0.05) is 29.8 Å². The van der Waals surface area contributed by atoms with E-state index in [2.05, 4.69) is 36.2 Å². The third-order valence-electron chi connectivity index (χ3n) is 7.30. The number of anilines is 2. The molecule has 238 valence electrons. The number of aromatic nitrogens is 4. The molecule has 6 N–H and O–H groups in total. The van der Waals surface area contributed by atoms with Crippen molar-refractivity contribution in [3.63, 3.8) is 0 Å². The normalized spacial score (nSPS) is 20.4. The average molecular weight is 637 g/mol. The van der Waals surface area contributed by atoms with Crippen LogP contribution < -0.4 is 26.0 Å². The van der Waals surface area contributed by atoms with Crippen molar-refractivity contribution >= 4 is 40.3 Å². The Labute approximate surface area is 265 Å². The summed E-state index contributed by atoms with van der Waals surface area (Å²) in [6.45, 7) is 3.59. The van der Waals surface area contributed by atoms with Gasteiger partial charge in [0.05, 0.1) is 13.4 Å². The molecule has 0 aliphatic carbocycles. The molecule has 5 rings (SSSR count). The Balaban J connectivity index is 1.08. The molecule has 1 unspecified atom stereocenters. The van der Waals surface area contributed by atoms with Gasteiger partial charge in [0.15, 0.2) is 23.2 Å². The van der Waals surface area contributed by atoms with E-state index in [1.54, 1.807) is 42.0 Å². The second-order valence-electron chi connectivity index (χ2n) is 10.6. The SMILES string of the molecule is COc1ccc(NC(=O)NCCCNC(C)C=C[C@H]2O[C@@H](n3cnc4c(NCc5cccc(Cl)c5)ncnc43)[C@H](O)[C@@H]2O)cc1. The number of aliphatic hydroxyl groups excluding tert-OH is 2. The lowest BCUT2D eigenvalue weighted by Gasteiger charge is -2.16. The number of imidazole rings is 1. The number of halogens is 1. The Hall–Kier alpha value is -4.27. The highest BCUT2D eigenvalue weighted by Crippen LogP contribution is 2.33. The highest BCUT2D eigenvalue weighted by atomic mass is 35.5. The number of fused-ring (bicyclic) bond motifs is 1. The molecule has 2 aromatic carbocycles. The van der Waals surface area contributed by atoms with E-state index in [1.807, 2.05) is 37.3 Å². The minimum absolute atomic E-state index is 0.0416. The molecule has 0 saturated carbocycles. The third kappa shape index (κ3) is 8.26. The molecule has 1 aliphatic heterocycles. The average Bonchev–Trinajstić information content (AvgIpc) is 3.59. The lowest BCUT2D eigenvalue weighted by molar-refractivity contribution is -0.0245. The topological polar surface area (TPSA) is 168 Å². The molecule has 5 atom stereocenters. The van der Waals surface area contributed by atoms with E-state index in [4.69, 9.17) is 21.1 Å². The van der Waals surface area contributed by atoms with Gasteiger partial charge in [0.1, 0.15) is 30.4 Å². The van der Waals surface area contributed by atoms with Gasteiger partial charge in [-0.25, -0.2) is 19.7 Å². The van der Waals surface area contributed by atoms with E-state index < -0.39 is 24.5 Å². The van der Waals surface area contributed by atoms with Gasteiger partial charge in [-0.05, 0) is 61.9 Å². The van der Waals surface area contributed by atoms with Crippen LogP contribution in [0.5, 0.6) is 5.75 Å². The summed E-state index contributed by atoms with van der Waals surface area (Å²) < 4.78 is 12.8. The number of carbonyl (C=O) groups excluding carboxylic acids is 1. The quantitative estimate of drug-likeness (QED) is 0.0944. The molecule has 45 heavy (non-hydrogen) atoms. The van der Waals surface area contributed by atoms with Crippen LogP contribution in [0.1, 0.15) is 25.1 Å². The zero-order valence-corrected chi connectivity index (χ0v) is 25.7. The van der Waals surface area contributed by atoms with Crippen molar-refractivity contribution in [3.05, 3.63) is 83.9 Å². The fraction of sp³-hybridized carbons (Fsp3) is 0.355. The maximum Gasteiger partial charge on any atom is 0.319 e. The maximum atomic E-state index is 12.1. The predicted octanol–water partition coefficient (Wildman–Crippen LogP) is 3.47. The van der Waals surface area contributed by atoms with Gasteiger partial charge >= 0.3 is 6.03 Å². The van der Waals surface area contributed by atoms with E-state index in [0.29, 0.717) is 53.7 Å². The molecule has 2 amide bonds. The summed E-state index contributed by atoms with van der Waals surface area (Å²) in [7, 11) is 1.59. The van der Waals surface area contributed by atoms with E-state index in [9.17, 15) is 15.0 Å². The van der Waals surface area contributed by atoms with E-state index >= 15 is 0 Å². The van der Waals surface area contributed by atoms with Crippen LogP contribution in [0.3, 0.4) is 0 Å². The number of ether oxygens (including phenoxy) is 2. The summed E-state index contributed by atoms with van der Waals surface area (Å²) in [5.41, 5.74) is 2.62. The van der Waals surface area contributed by atoms with Gasteiger partial charge in [-0.2, -0.15) is 0 Å². The minimum atomic E-state index is -1.20. The van der Waals surface area contributed by atoms with Crippen LogP contribution in [-0.4, -0.2) is 80.3 Å². The monoisotopic (exact) mass is 636 g/mol. The summed E-state index contributed by atoms with van der Waals surface area (Å²) in [6, 6.07) is 14.3. The molecule has 2 aromatic heterocycles. The lowest BCUT2D eigenvalue weighted by Crippen LogP contribution is -2.33. The number of nitrogens with one attached hydrogen (secondary N) is 4. The summed E-state index contributed by atoms with van der Waals surface area (Å²) in [5, 5.41) is 34.4. The highest BCUT2D eigenvalue weighted by molar-refractivity contribution is 6.30. The smallest absolute Gasteiger partial charge is 0.319 e. The minimum Gasteiger partial charge on any atom is -0.497 e. The van der Waals surface area contributed by atoms with Gasteiger partial charge in [-0.3, -0.25) is 4.57 Å². The first-order chi connectivity index (χ1) is 21.8. The van der Waals surface area contributed by atoms with Crippen LogP contribution in [0.2, 0.25) is 5.02 Å². The summed E-state index contributed by atoms with van der Waals surface area (Å²) in [4.78, 5) is 25.2. The van der Waals surface area contributed by atoms with Crippen LogP contribution in [0.15, 0.2) is 73.3 Å². The predicted molar refractivity (Wildman–Crippen MR) is 171 cm³/mol. The van der Waals surface area contributed by atoms with Crippen LogP contribution in [-0.2, 0) is 11.3 Å². The molecule has 1 aliphatic rings. The van der Waals surface area contributed by atoms with Crippen molar-refractivity contribution in [2.45, 2.75) is 50.5 Å². The van der Waals surface area contributed by atoms with Crippen LogP contribution in [0, 0.1) is 0 Å². The molecule has 14 heteroatoms. The van der Waals surface area contributed by atoms with Gasteiger partial charge < -0.3 is 41.0 Å². The molecular weight excluding hydrogens is 600 g/mol. The number of carbonyl (C=O) groups is 1. The number of benzene rings is 2. The highest BCUT2D eigenvalue weighted by Gasteiger charge is 2.43. The number of hydrogen-bond acceptors (Lipinski definition) is 10. The number of methoxy groups -OCH3 is 1. The van der Waals surface area contributed by atoms with Crippen molar-refractivity contribution < 1.29 is 24.5 Å². The van der Waals surface area contributed by atoms with Crippen molar-refractivity contribution in [1.29, 1.82) is 0 Å². The van der Waals surface area contributed by atoms with Crippen LogP contribution in [0.25, 0.3) is 11.2 Å². The summed E-state index contributed by atoms with van der Waals surface area (Å²) >= 11 is 6.09. The van der Waals surface area contributed by atoms with Crippen LogP contribution in [0.4, 0.5) is 16.3 Å². The molecule has 4 aromatic rings. The molecule has 1 fully saturated rings. The van der Waals surface area contributed by atoms with Gasteiger partial charge in [0.2, 0.25) is 0 Å². The number of nitrogens with zero attached hydrogens (tertiary/aromatic N) is 4. The van der Waals surface area contributed by atoms with Crippen LogP contribution >= 0.6 is 11.6 Å². The van der Waals surface area contributed by atoms with Gasteiger partial charge in [0.25, 0.3) is 0 Å². The van der Waals surface area contributed by atoms with Crippen molar-refractivity contribution in [2.75, 3.05) is 30.8 Å². The Morgan fingerprint density at radius 2 is 1.96 bits per heavy atom. The zero-order valence-electron chi connectivity index (χ0n) is 24.9. The Bertz CT molecular complexity index is 1600. The van der Waals surface area contributed by atoms with E-state index in [-0.39, 0.29) is 12.1 Å². The van der Waals surface area contributed by atoms with Crippen molar-refractivity contribution in [2.24, 2.45) is 0 Å². The Morgan fingerprint density at radius 3 is 2.73 bits per heavy atom. The van der Waals surface area contributed by atoms with Gasteiger partial charge in [-0.1, -0.05) is 35.9 Å². The molecule has 0 radical (unpaired) electrons. The Kier molecular flexibility index (Phi) is 10.8. The zero-order chi connectivity index (χ0) is 31.8. The fourth-order valence-corrected chi connectivity index (χ4v) is 5.10. The molecule has 13 nitrogen and oxygen atoms in total. The molecule has 1 saturated heterocycles. The third-order valence-corrected chi connectivity index (χ3v) is 7.54. The first kappa shape index (κ1) is 32.1. The molecule has 0 bridgehead atoms. The maximum absolute atomic E-state index is 12.1. The molecular formula is C31H37ClN8O5. The largest absolute Gasteiger partial charge is 0.497 e. The first-order valence-corrected chi connectivity index (χ1v) is 15.0. The summed E-state index contributed by atoms with van der Waals surface area (Å²) in [5.74, 6) is 1.24. The Morgan fingerprint density at radius 1 is 1.13 bits per heavy atom. The standard InChI is InChI=1S/C31H37ClN8O5/c1-19(33-13-4-14-34-31(43)39-22-8-10-23(44-2)11-9-22)7-12-24-26(41)27(42)30(45-24)40-18-38-25-28(36-17-37-29(25)40)35-16-20-5-3-6-21(32)15-20/h3,5-12,15,17-19,24,26-27,30,33,41-42H,4,13-14,16H2,1-2H3,(H2,34,39,43)(H,35,36,37)/t19?,24-,26-,27-,30-/m1/s1. The first-order valence-electron chi connectivity index (χ1n) is 14.6. The second-order valence-corrected chi connectivity index (χ2v) is 11.0. The number of rotatable bonds is 13. The fourth-order valence-electron chi connectivity index (χ4n) is 4.89. The van der Waals surface area contributed by atoms with Gasteiger partial charge in [-0.15, -0.1) is 0 Å². The number of hydrogen-bond donors (Lipinski definition) is 6. The van der Waals surface area contributed by atoms with Crippen molar-refractivity contribution in [3.8, 4) is 5.75 Å². The molecule has 0 spiro atoms. The van der Waals surface area contributed by atoms with Crippen molar-refractivity contribution in [1.82, 2.24) is 30.2 Å². The number of urea groups is 1. The van der Waals surface area contributed by atoms with E-state index in [1.165, 1.54) is 12.7 Å². The second kappa shape index (κ2) is 15.1. The molecule has 3 heterocycles. The summed E-state index contributed by atoms with van der Waals surface area (Å²) in [6.07, 6.45) is 3.27.